The van der Waals surface area contributed by atoms with Crippen LogP contribution in [0.2, 0.25) is 0 Å². The van der Waals surface area contributed by atoms with Crippen LogP contribution in [-0.2, 0) is 4.79 Å². The lowest BCUT2D eigenvalue weighted by Crippen LogP contribution is -2.26. The lowest BCUT2D eigenvalue weighted by molar-refractivity contribution is -0.122. The molecule has 0 saturated carbocycles. The molecule has 92 valence electrons. The molecule has 0 fully saturated rings. The molecule has 0 aromatic heterocycles. The number of carbonyl (C=O) groups excluding carboxylic acids is 2. The molecule has 4 nitrogen and oxygen atoms in total. The highest BCUT2D eigenvalue weighted by Gasteiger charge is 2.13. The Balaban J connectivity index is 2.84. The summed E-state index contributed by atoms with van der Waals surface area (Å²) in [6.45, 7) is 5.25. The summed E-state index contributed by atoms with van der Waals surface area (Å²) >= 11 is 0. The van der Waals surface area contributed by atoms with E-state index in [9.17, 15) is 9.59 Å². The van der Waals surface area contributed by atoms with E-state index in [-0.39, 0.29) is 18.3 Å². The zero-order valence-corrected chi connectivity index (χ0v) is 10.3. The first-order chi connectivity index (χ1) is 7.91. The SMILES string of the molecule is CC(=O)c1cc(C)ccc1OCC(C)C(N)=O. The van der Waals surface area contributed by atoms with E-state index in [4.69, 9.17) is 10.5 Å². The predicted molar refractivity (Wildman–Crippen MR) is 65.0 cm³/mol. The van der Waals surface area contributed by atoms with Gasteiger partial charge in [0.1, 0.15) is 5.75 Å². The van der Waals surface area contributed by atoms with Crippen molar-refractivity contribution in [1.29, 1.82) is 0 Å². The Morgan fingerprint density at radius 1 is 1.41 bits per heavy atom. The van der Waals surface area contributed by atoms with Gasteiger partial charge in [0.15, 0.2) is 5.78 Å². The van der Waals surface area contributed by atoms with Crippen molar-refractivity contribution in [2.24, 2.45) is 11.7 Å². The predicted octanol–water partition coefficient (Wildman–Crippen LogP) is 1.70. The zero-order valence-electron chi connectivity index (χ0n) is 10.3. The van der Waals surface area contributed by atoms with Crippen molar-refractivity contribution in [1.82, 2.24) is 0 Å². The van der Waals surface area contributed by atoms with Crippen LogP contribution in [0.15, 0.2) is 18.2 Å². The second-order valence-electron chi connectivity index (χ2n) is 4.17. The second-order valence-corrected chi connectivity index (χ2v) is 4.17. The molecular weight excluding hydrogens is 218 g/mol. The third-order valence-corrected chi connectivity index (χ3v) is 2.49. The fraction of sp³-hybridized carbons (Fsp3) is 0.385. The molecule has 1 atom stereocenters. The lowest BCUT2D eigenvalue weighted by atomic mass is 10.1. The first kappa shape index (κ1) is 13.2. The van der Waals surface area contributed by atoms with Crippen molar-refractivity contribution >= 4 is 11.7 Å². The summed E-state index contributed by atoms with van der Waals surface area (Å²) < 4.78 is 5.45. The Morgan fingerprint density at radius 3 is 2.59 bits per heavy atom. The summed E-state index contributed by atoms with van der Waals surface area (Å²) in [6, 6.07) is 5.36. The van der Waals surface area contributed by atoms with Crippen molar-refractivity contribution in [3.05, 3.63) is 29.3 Å². The van der Waals surface area contributed by atoms with Crippen LogP contribution in [0, 0.1) is 12.8 Å². The Labute approximate surface area is 101 Å². The Bertz CT molecular complexity index is 440. The van der Waals surface area contributed by atoms with Crippen LogP contribution in [0.1, 0.15) is 29.8 Å². The Morgan fingerprint density at radius 2 is 2.06 bits per heavy atom. The van der Waals surface area contributed by atoms with Crippen LogP contribution in [0.5, 0.6) is 5.75 Å². The van der Waals surface area contributed by atoms with Gasteiger partial charge in [-0.05, 0) is 26.0 Å². The maximum absolute atomic E-state index is 11.4. The number of amides is 1. The number of hydrogen-bond donors (Lipinski definition) is 1. The molecule has 0 aliphatic rings. The van der Waals surface area contributed by atoms with Gasteiger partial charge in [0.05, 0.1) is 18.1 Å². The maximum atomic E-state index is 11.4. The van der Waals surface area contributed by atoms with E-state index in [2.05, 4.69) is 0 Å². The number of Topliss-reactive ketones (excluding diaryl/α,β-unsaturated/α-hetero) is 1. The summed E-state index contributed by atoms with van der Waals surface area (Å²) in [4.78, 5) is 22.3. The minimum atomic E-state index is -0.415. The molecule has 1 aromatic carbocycles. The van der Waals surface area contributed by atoms with Crippen molar-refractivity contribution in [2.75, 3.05) is 6.61 Å². The number of carbonyl (C=O) groups is 2. The van der Waals surface area contributed by atoms with Crippen LogP contribution in [0.25, 0.3) is 0 Å². The van der Waals surface area contributed by atoms with Crippen LogP contribution in [0.4, 0.5) is 0 Å². The minimum absolute atomic E-state index is 0.0598. The van der Waals surface area contributed by atoms with E-state index in [1.54, 1.807) is 19.1 Å². The van der Waals surface area contributed by atoms with Crippen molar-refractivity contribution in [3.8, 4) is 5.75 Å². The van der Waals surface area contributed by atoms with Gasteiger partial charge in [0.25, 0.3) is 0 Å². The third kappa shape index (κ3) is 3.59. The molecule has 0 bridgehead atoms. The summed E-state index contributed by atoms with van der Waals surface area (Å²) in [5.74, 6) is -0.357. The molecule has 1 amide bonds. The van der Waals surface area contributed by atoms with Gasteiger partial charge in [-0.15, -0.1) is 0 Å². The summed E-state index contributed by atoms with van der Waals surface area (Å²) in [5.41, 5.74) is 6.66. The van der Waals surface area contributed by atoms with Gasteiger partial charge >= 0.3 is 0 Å². The largest absolute Gasteiger partial charge is 0.492 e. The van der Waals surface area contributed by atoms with E-state index in [0.717, 1.165) is 5.56 Å². The number of hydrogen-bond acceptors (Lipinski definition) is 3. The van der Waals surface area contributed by atoms with Gasteiger partial charge < -0.3 is 10.5 Å². The molecule has 0 radical (unpaired) electrons. The van der Waals surface area contributed by atoms with E-state index in [0.29, 0.717) is 11.3 Å². The molecule has 0 aliphatic heterocycles. The number of ether oxygens (including phenoxy) is 1. The van der Waals surface area contributed by atoms with Gasteiger partial charge in [-0.2, -0.15) is 0 Å². The van der Waals surface area contributed by atoms with Gasteiger partial charge in [-0.25, -0.2) is 0 Å². The van der Waals surface area contributed by atoms with Crippen molar-refractivity contribution in [3.63, 3.8) is 0 Å². The number of benzene rings is 1. The first-order valence-electron chi connectivity index (χ1n) is 5.45. The molecule has 1 rings (SSSR count). The molecular formula is C13H17NO3. The van der Waals surface area contributed by atoms with E-state index in [1.165, 1.54) is 6.92 Å². The summed E-state index contributed by atoms with van der Waals surface area (Å²) in [7, 11) is 0. The number of ketones is 1. The van der Waals surface area contributed by atoms with Gasteiger partial charge in [-0.3, -0.25) is 9.59 Å². The van der Waals surface area contributed by atoms with Crippen molar-refractivity contribution in [2.45, 2.75) is 20.8 Å². The third-order valence-electron chi connectivity index (χ3n) is 2.49. The normalized spacial score (nSPS) is 11.9. The van der Waals surface area contributed by atoms with Crippen LogP contribution < -0.4 is 10.5 Å². The molecule has 0 saturated heterocycles. The summed E-state index contributed by atoms with van der Waals surface area (Å²) in [5, 5.41) is 0. The highest BCUT2D eigenvalue weighted by atomic mass is 16.5. The molecule has 0 spiro atoms. The van der Waals surface area contributed by atoms with Crippen LogP contribution in [0.3, 0.4) is 0 Å². The van der Waals surface area contributed by atoms with E-state index in [1.807, 2.05) is 13.0 Å². The fourth-order valence-corrected chi connectivity index (χ4v) is 1.34. The number of nitrogens with two attached hydrogens (primary N) is 1. The van der Waals surface area contributed by atoms with Crippen molar-refractivity contribution < 1.29 is 14.3 Å². The Kier molecular flexibility index (Phi) is 4.26. The topological polar surface area (TPSA) is 69.4 Å². The maximum Gasteiger partial charge on any atom is 0.223 e. The molecule has 17 heavy (non-hydrogen) atoms. The number of aryl methyl sites for hydroxylation is 1. The average molecular weight is 235 g/mol. The van der Waals surface area contributed by atoms with Gasteiger partial charge in [0.2, 0.25) is 5.91 Å². The molecule has 1 unspecified atom stereocenters. The molecule has 2 N–H and O–H groups in total. The number of primary amides is 1. The minimum Gasteiger partial charge on any atom is -0.492 e. The standard InChI is InChI=1S/C13H17NO3/c1-8-4-5-12(11(6-8)10(3)15)17-7-9(2)13(14)16/h4-6,9H,7H2,1-3H3,(H2,14,16). The monoisotopic (exact) mass is 235 g/mol. The first-order valence-corrected chi connectivity index (χ1v) is 5.45. The van der Waals surface area contributed by atoms with E-state index >= 15 is 0 Å². The average Bonchev–Trinajstić information content (AvgIpc) is 2.26. The highest BCUT2D eigenvalue weighted by molar-refractivity contribution is 5.97. The molecule has 4 heteroatoms. The fourth-order valence-electron chi connectivity index (χ4n) is 1.34. The lowest BCUT2D eigenvalue weighted by Gasteiger charge is -2.13. The van der Waals surface area contributed by atoms with E-state index < -0.39 is 5.91 Å². The van der Waals surface area contributed by atoms with Gasteiger partial charge in [-0.1, -0.05) is 18.6 Å². The Hall–Kier alpha value is -1.84. The van der Waals surface area contributed by atoms with Crippen LogP contribution in [-0.4, -0.2) is 18.3 Å². The number of rotatable bonds is 5. The molecule has 0 aliphatic carbocycles. The zero-order chi connectivity index (χ0) is 13.0. The molecule has 1 aromatic rings. The molecule has 0 heterocycles. The van der Waals surface area contributed by atoms with Crippen LogP contribution >= 0.6 is 0 Å². The summed E-state index contributed by atoms with van der Waals surface area (Å²) in [6.07, 6.45) is 0. The smallest absolute Gasteiger partial charge is 0.223 e. The highest BCUT2D eigenvalue weighted by Crippen LogP contribution is 2.21. The second kappa shape index (κ2) is 5.48. The quantitative estimate of drug-likeness (QED) is 0.790. The van der Waals surface area contributed by atoms with Gasteiger partial charge in [0, 0.05) is 0 Å².